The highest BCUT2D eigenvalue weighted by atomic mass is 35.5. The number of ether oxygens (including phenoxy) is 1. The van der Waals surface area contributed by atoms with E-state index >= 15 is 0 Å². The Hall–Kier alpha value is -2.05. The Balaban J connectivity index is 1.78. The molecular formula is C16H15ClN2O3S. The number of benzene rings is 1. The van der Waals surface area contributed by atoms with Gasteiger partial charge in [0.1, 0.15) is 5.82 Å². The van der Waals surface area contributed by atoms with E-state index in [1.165, 1.54) is 24.9 Å². The van der Waals surface area contributed by atoms with Crippen LogP contribution >= 0.6 is 23.4 Å². The molecule has 0 radical (unpaired) electrons. The Kier molecular flexibility index (Phi) is 6.43. The van der Waals surface area contributed by atoms with Gasteiger partial charge >= 0.3 is 5.97 Å². The van der Waals surface area contributed by atoms with E-state index in [0.717, 1.165) is 4.90 Å². The lowest BCUT2D eigenvalue weighted by Gasteiger charge is -2.13. The number of thioether (sulfide) groups is 1. The van der Waals surface area contributed by atoms with Crippen molar-refractivity contribution in [2.24, 2.45) is 0 Å². The van der Waals surface area contributed by atoms with Gasteiger partial charge in [0.05, 0.1) is 10.8 Å². The molecule has 1 amide bonds. The first-order chi connectivity index (χ1) is 11.0. The molecule has 0 aliphatic heterocycles. The molecule has 1 atom stereocenters. The number of carbonyl (C=O) groups excluding carboxylic acids is 2. The number of anilines is 1. The van der Waals surface area contributed by atoms with Crippen LogP contribution in [-0.4, -0.2) is 28.7 Å². The first-order valence-electron chi connectivity index (χ1n) is 6.84. The van der Waals surface area contributed by atoms with Crippen molar-refractivity contribution in [3.05, 3.63) is 53.7 Å². The molecule has 0 fully saturated rings. The van der Waals surface area contributed by atoms with Gasteiger partial charge < -0.3 is 10.1 Å². The maximum absolute atomic E-state index is 11.9. The summed E-state index contributed by atoms with van der Waals surface area (Å²) in [6, 6.07) is 12.7. The van der Waals surface area contributed by atoms with E-state index in [2.05, 4.69) is 10.3 Å². The zero-order valence-electron chi connectivity index (χ0n) is 12.4. The molecule has 1 aromatic heterocycles. The van der Waals surface area contributed by atoms with Gasteiger partial charge in [-0.1, -0.05) is 29.8 Å². The molecule has 2 aromatic rings. The molecule has 0 saturated heterocycles. The molecule has 7 heteroatoms. The van der Waals surface area contributed by atoms with Gasteiger partial charge in [0, 0.05) is 11.1 Å². The Bertz CT molecular complexity index is 665. The largest absolute Gasteiger partial charge is 0.452 e. The monoisotopic (exact) mass is 350 g/mol. The first-order valence-corrected chi connectivity index (χ1v) is 8.20. The predicted octanol–water partition coefficient (Wildman–Crippen LogP) is 3.40. The van der Waals surface area contributed by atoms with Crippen molar-refractivity contribution < 1.29 is 14.3 Å². The topological polar surface area (TPSA) is 68.3 Å². The Morgan fingerprint density at radius 2 is 2.00 bits per heavy atom. The van der Waals surface area contributed by atoms with E-state index in [9.17, 15) is 9.59 Å². The third-order valence-corrected chi connectivity index (χ3v) is 3.97. The highest BCUT2D eigenvalue weighted by molar-refractivity contribution is 8.00. The molecule has 1 aromatic carbocycles. The van der Waals surface area contributed by atoms with Crippen LogP contribution in [0.2, 0.25) is 5.02 Å². The predicted molar refractivity (Wildman–Crippen MR) is 90.6 cm³/mol. The maximum Gasteiger partial charge on any atom is 0.317 e. The van der Waals surface area contributed by atoms with Crippen LogP contribution in [0.4, 0.5) is 5.82 Å². The quantitative estimate of drug-likeness (QED) is 0.638. The summed E-state index contributed by atoms with van der Waals surface area (Å²) in [7, 11) is 0. The zero-order chi connectivity index (χ0) is 16.7. The molecule has 0 unspecified atom stereocenters. The number of halogens is 1. The SMILES string of the molecule is C[C@H](OC(=O)CSc1ccccc1)C(=O)Nc1ccc(Cl)cn1. The number of pyridine rings is 1. The van der Waals surface area contributed by atoms with Crippen LogP contribution in [-0.2, 0) is 14.3 Å². The lowest BCUT2D eigenvalue weighted by atomic mass is 10.3. The van der Waals surface area contributed by atoms with E-state index < -0.39 is 18.0 Å². The molecule has 1 N–H and O–H groups in total. The van der Waals surface area contributed by atoms with Gasteiger partial charge in [0.2, 0.25) is 0 Å². The van der Waals surface area contributed by atoms with E-state index in [1.807, 2.05) is 30.3 Å². The highest BCUT2D eigenvalue weighted by Crippen LogP contribution is 2.17. The molecule has 0 aliphatic carbocycles. The smallest absolute Gasteiger partial charge is 0.317 e. The van der Waals surface area contributed by atoms with Crippen LogP contribution in [0.1, 0.15) is 6.92 Å². The van der Waals surface area contributed by atoms with Crippen molar-refractivity contribution in [3.63, 3.8) is 0 Å². The van der Waals surface area contributed by atoms with Crippen molar-refractivity contribution in [1.29, 1.82) is 0 Å². The molecule has 23 heavy (non-hydrogen) atoms. The highest BCUT2D eigenvalue weighted by Gasteiger charge is 2.18. The van der Waals surface area contributed by atoms with Gasteiger partial charge in [-0.25, -0.2) is 4.98 Å². The fraction of sp³-hybridized carbons (Fsp3) is 0.188. The molecule has 1 heterocycles. The summed E-state index contributed by atoms with van der Waals surface area (Å²) in [4.78, 5) is 28.6. The Morgan fingerprint density at radius 1 is 1.26 bits per heavy atom. The van der Waals surface area contributed by atoms with Crippen molar-refractivity contribution in [3.8, 4) is 0 Å². The number of esters is 1. The van der Waals surface area contributed by atoms with E-state index in [0.29, 0.717) is 10.8 Å². The van der Waals surface area contributed by atoms with Gasteiger partial charge in [-0.2, -0.15) is 0 Å². The minimum absolute atomic E-state index is 0.140. The Morgan fingerprint density at radius 3 is 2.65 bits per heavy atom. The lowest BCUT2D eigenvalue weighted by molar-refractivity contribution is -0.150. The van der Waals surface area contributed by atoms with Crippen LogP contribution < -0.4 is 5.32 Å². The molecule has 0 bridgehead atoms. The summed E-state index contributed by atoms with van der Waals surface area (Å²) in [6.07, 6.45) is 0.515. The molecule has 0 aliphatic rings. The standard InChI is InChI=1S/C16H15ClN2O3S/c1-11(16(21)19-14-8-7-12(17)9-18-14)22-15(20)10-23-13-5-3-2-4-6-13/h2-9,11H,10H2,1H3,(H,18,19,21)/t11-/m0/s1. The molecule has 2 rings (SSSR count). The number of hydrogen-bond donors (Lipinski definition) is 1. The average Bonchev–Trinajstić information content (AvgIpc) is 2.56. The minimum atomic E-state index is -0.906. The van der Waals surface area contributed by atoms with Crippen LogP contribution in [0.25, 0.3) is 0 Å². The summed E-state index contributed by atoms with van der Waals surface area (Å²) >= 11 is 7.07. The summed E-state index contributed by atoms with van der Waals surface area (Å²) in [5, 5.41) is 3.03. The van der Waals surface area contributed by atoms with Crippen molar-refractivity contribution in [2.75, 3.05) is 11.1 Å². The number of aromatic nitrogens is 1. The second-order valence-electron chi connectivity index (χ2n) is 4.58. The molecular weight excluding hydrogens is 336 g/mol. The van der Waals surface area contributed by atoms with Gasteiger partial charge in [0.15, 0.2) is 6.10 Å². The van der Waals surface area contributed by atoms with Gasteiger partial charge in [0.25, 0.3) is 5.91 Å². The fourth-order valence-corrected chi connectivity index (χ4v) is 2.44. The molecule has 0 spiro atoms. The normalized spacial score (nSPS) is 11.6. The van der Waals surface area contributed by atoms with Crippen LogP contribution in [0.3, 0.4) is 0 Å². The summed E-state index contributed by atoms with van der Waals surface area (Å²) in [5.74, 6) is -0.412. The lowest BCUT2D eigenvalue weighted by Crippen LogP contribution is -2.30. The van der Waals surface area contributed by atoms with Crippen molar-refractivity contribution in [1.82, 2.24) is 4.98 Å². The fourth-order valence-electron chi connectivity index (χ4n) is 1.62. The summed E-state index contributed by atoms with van der Waals surface area (Å²) in [5.41, 5.74) is 0. The second-order valence-corrected chi connectivity index (χ2v) is 6.07. The number of amides is 1. The number of hydrogen-bond acceptors (Lipinski definition) is 5. The number of nitrogens with one attached hydrogen (secondary N) is 1. The van der Waals surface area contributed by atoms with Gasteiger partial charge in [-0.05, 0) is 31.2 Å². The van der Waals surface area contributed by atoms with E-state index in [1.54, 1.807) is 12.1 Å². The van der Waals surface area contributed by atoms with Gasteiger partial charge in [-0.15, -0.1) is 11.8 Å². The Labute approximate surface area is 143 Å². The average molecular weight is 351 g/mol. The second kappa shape index (κ2) is 8.55. The zero-order valence-corrected chi connectivity index (χ0v) is 13.9. The first kappa shape index (κ1) is 17.3. The van der Waals surface area contributed by atoms with E-state index in [-0.39, 0.29) is 5.75 Å². The third-order valence-electron chi connectivity index (χ3n) is 2.76. The third kappa shape index (κ3) is 5.92. The number of carbonyl (C=O) groups is 2. The van der Waals surface area contributed by atoms with Gasteiger partial charge in [-0.3, -0.25) is 9.59 Å². The van der Waals surface area contributed by atoms with Crippen LogP contribution in [0.5, 0.6) is 0 Å². The number of rotatable bonds is 6. The maximum atomic E-state index is 11.9. The summed E-state index contributed by atoms with van der Waals surface area (Å²) in [6.45, 7) is 1.51. The van der Waals surface area contributed by atoms with Crippen molar-refractivity contribution in [2.45, 2.75) is 17.9 Å². The van der Waals surface area contributed by atoms with E-state index in [4.69, 9.17) is 16.3 Å². The van der Waals surface area contributed by atoms with Crippen molar-refractivity contribution >= 4 is 41.1 Å². The van der Waals surface area contributed by atoms with Crippen LogP contribution in [0.15, 0.2) is 53.6 Å². The summed E-state index contributed by atoms with van der Waals surface area (Å²) < 4.78 is 5.10. The number of nitrogens with zero attached hydrogens (tertiary/aromatic N) is 1. The molecule has 0 saturated carbocycles. The molecule has 120 valence electrons. The molecule has 5 nitrogen and oxygen atoms in total. The van der Waals surface area contributed by atoms with Crippen LogP contribution in [0, 0.1) is 0 Å². The minimum Gasteiger partial charge on any atom is -0.452 e.